The predicted molar refractivity (Wildman–Crippen MR) is 76.7 cm³/mol. The average Bonchev–Trinajstić information content (AvgIpc) is 2.40. The maximum atomic E-state index is 5.85. The van der Waals surface area contributed by atoms with Crippen LogP contribution >= 0.6 is 0 Å². The zero-order valence-corrected chi connectivity index (χ0v) is 10.7. The summed E-state index contributed by atoms with van der Waals surface area (Å²) in [5, 5.41) is 0. The first-order chi connectivity index (χ1) is 8.77. The third-order valence-electron chi connectivity index (χ3n) is 3.03. The first kappa shape index (κ1) is 12.4. The summed E-state index contributed by atoms with van der Waals surface area (Å²) in [7, 11) is 2.05. The monoisotopic (exact) mass is 241 g/mol. The maximum absolute atomic E-state index is 5.85. The number of aromatic nitrogens is 1. The fourth-order valence-electron chi connectivity index (χ4n) is 2.02. The van der Waals surface area contributed by atoms with Crippen LogP contribution in [0.3, 0.4) is 0 Å². The molecule has 2 N–H and O–H groups in total. The molecule has 0 saturated heterocycles. The number of nitrogens with zero attached hydrogens (tertiary/aromatic N) is 2. The van der Waals surface area contributed by atoms with Gasteiger partial charge >= 0.3 is 0 Å². The molecule has 0 atom stereocenters. The lowest BCUT2D eigenvalue weighted by Gasteiger charge is -2.20. The van der Waals surface area contributed by atoms with E-state index >= 15 is 0 Å². The number of hydrogen-bond acceptors (Lipinski definition) is 3. The van der Waals surface area contributed by atoms with Gasteiger partial charge in [0.1, 0.15) is 5.82 Å². The molecule has 3 heteroatoms. The van der Waals surface area contributed by atoms with E-state index in [-0.39, 0.29) is 0 Å². The van der Waals surface area contributed by atoms with E-state index in [1.807, 2.05) is 18.2 Å². The zero-order valence-electron chi connectivity index (χ0n) is 10.7. The summed E-state index contributed by atoms with van der Waals surface area (Å²) in [4.78, 5) is 6.26. The van der Waals surface area contributed by atoms with E-state index in [0.717, 1.165) is 25.1 Å². The van der Waals surface area contributed by atoms with Gasteiger partial charge in [-0.3, -0.25) is 0 Å². The summed E-state index contributed by atoms with van der Waals surface area (Å²) in [6, 6.07) is 14.5. The topological polar surface area (TPSA) is 42.2 Å². The Morgan fingerprint density at radius 2 is 1.89 bits per heavy atom. The lowest BCUT2D eigenvalue weighted by molar-refractivity contribution is 0.785. The molecular formula is C15H19N3. The smallest absolute Gasteiger partial charge is 0.146 e. The van der Waals surface area contributed by atoms with E-state index in [0.29, 0.717) is 5.82 Å². The largest absolute Gasteiger partial charge is 0.382 e. The van der Waals surface area contributed by atoms with Crippen molar-refractivity contribution in [2.24, 2.45) is 0 Å². The maximum Gasteiger partial charge on any atom is 0.146 e. The van der Waals surface area contributed by atoms with Crippen molar-refractivity contribution in [1.29, 1.82) is 0 Å². The number of hydrogen-bond donors (Lipinski definition) is 1. The summed E-state index contributed by atoms with van der Waals surface area (Å²) >= 11 is 0. The van der Waals surface area contributed by atoms with E-state index in [1.165, 1.54) is 5.56 Å². The van der Waals surface area contributed by atoms with Gasteiger partial charge in [-0.05, 0) is 30.5 Å². The lowest BCUT2D eigenvalue weighted by atomic mass is 10.1. The molecule has 94 valence electrons. The van der Waals surface area contributed by atoms with Crippen LogP contribution in [0, 0.1) is 0 Å². The minimum absolute atomic E-state index is 0.597. The highest BCUT2D eigenvalue weighted by Crippen LogP contribution is 2.18. The highest BCUT2D eigenvalue weighted by molar-refractivity contribution is 5.62. The number of benzene rings is 1. The molecule has 0 fully saturated rings. The van der Waals surface area contributed by atoms with Crippen LogP contribution in [-0.2, 0) is 6.42 Å². The van der Waals surface area contributed by atoms with Crippen molar-refractivity contribution in [2.45, 2.75) is 12.8 Å². The van der Waals surface area contributed by atoms with Crippen molar-refractivity contribution < 1.29 is 0 Å². The van der Waals surface area contributed by atoms with Gasteiger partial charge in [0.2, 0.25) is 0 Å². The van der Waals surface area contributed by atoms with Crippen molar-refractivity contribution in [3.63, 3.8) is 0 Å². The number of pyridine rings is 1. The Bertz CT molecular complexity index is 482. The Hall–Kier alpha value is -2.03. The van der Waals surface area contributed by atoms with Gasteiger partial charge in [-0.1, -0.05) is 30.3 Å². The molecule has 18 heavy (non-hydrogen) atoms. The molecule has 2 aromatic rings. The van der Waals surface area contributed by atoms with Crippen molar-refractivity contribution >= 4 is 11.5 Å². The Morgan fingerprint density at radius 1 is 1.11 bits per heavy atom. The van der Waals surface area contributed by atoms with Gasteiger partial charge in [0.15, 0.2) is 0 Å². The number of nitrogen functional groups attached to an aromatic ring is 1. The van der Waals surface area contributed by atoms with Crippen LogP contribution in [0.5, 0.6) is 0 Å². The summed E-state index contributed by atoms with van der Waals surface area (Å²) in [5.74, 6) is 0.597. The predicted octanol–water partition coefficient (Wildman–Crippen LogP) is 2.73. The van der Waals surface area contributed by atoms with Gasteiger partial charge in [-0.15, -0.1) is 0 Å². The van der Waals surface area contributed by atoms with Crippen molar-refractivity contribution in [3.05, 3.63) is 54.2 Å². The van der Waals surface area contributed by atoms with E-state index in [2.05, 4.69) is 41.2 Å². The molecule has 2 rings (SSSR count). The molecular weight excluding hydrogens is 222 g/mol. The van der Waals surface area contributed by atoms with Crippen molar-refractivity contribution in [1.82, 2.24) is 4.98 Å². The SMILES string of the molecule is CN(CCCc1ccccc1)c1cccnc1N. The second-order valence-electron chi connectivity index (χ2n) is 4.42. The number of aryl methyl sites for hydroxylation is 1. The molecule has 0 aliphatic heterocycles. The third-order valence-corrected chi connectivity index (χ3v) is 3.03. The highest BCUT2D eigenvalue weighted by Gasteiger charge is 2.04. The minimum Gasteiger partial charge on any atom is -0.382 e. The van der Waals surface area contributed by atoms with Gasteiger partial charge in [-0.25, -0.2) is 4.98 Å². The molecule has 0 aliphatic carbocycles. The normalized spacial score (nSPS) is 10.3. The van der Waals surface area contributed by atoms with Gasteiger partial charge in [0, 0.05) is 19.8 Å². The average molecular weight is 241 g/mol. The Balaban J connectivity index is 1.86. The molecule has 0 saturated carbocycles. The quantitative estimate of drug-likeness (QED) is 0.875. The molecule has 1 heterocycles. The Labute approximate surface area is 108 Å². The van der Waals surface area contributed by atoms with Crippen LogP contribution in [0.2, 0.25) is 0 Å². The number of rotatable bonds is 5. The van der Waals surface area contributed by atoms with E-state index < -0.39 is 0 Å². The summed E-state index contributed by atoms with van der Waals surface area (Å²) in [5.41, 5.74) is 8.24. The first-order valence-corrected chi connectivity index (χ1v) is 6.23. The highest BCUT2D eigenvalue weighted by atomic mass is 15.1. The molecule has 0 bridgehead atoms. The second kappa shape index (κ2) is 6.05. The lowest BCUT2D eigenvalue weighted by Crippen LogP contribution is -2.20. The van der Waals surface area contributed by atoms with Crippen molar-refractivity contribution in [3.8, 4) is 0 Å². The van der Waals surface area contributed by atoms with Crippen LogP contribution in [0.25, 0.3) is 0 Å². The Morgan fingerprint density at radius 3 is 2.61 bits per heavy atom. The molecule has 0 aliphatic rings. The molecule has 1 aromatic carbocycles. The fourth-order valence-corrected chi connectivity index (χ4v) is 2.02. The standard InChI is InChI=1S/C15H19N3/c1-18(14-10-5-11-17-15(14)16)12-6-9-13-7-3-2-4-8-13/h2-5,7-8,10-11H,6,9,12H2,1H3,(H2,16,17). The summed E-state index contributed by atoms with van der Waals surface area (Å²) < 4.78 is 0. The van der Waals surface area contributed by atoms with Gasteiger partial charge in [0.05, 0.1) is 5.69 Å². The van der Waals surface area contributed by atoms with Gasteiger partial charge < -0.3 is 10.6 Å². The molecule has 3 nitrogen and oxygen atoms in total. The van der Waals surface area contributed by atoms with E-state index in [4.69, 9.17) is 5.73 Å². The zero-order chi connectivity index (χ0) is 12.8. The minimum atomic E-state index is 0.597. The molecule has 1 aromatic heterocycles. The molecule has 0 unspecified atom stereocenters. The van der Waals surface area contributed by atoms with Crippen LogP contribution < -0.4 is 10.6 Å². The van der Waals surface area contributed by atoms with Gasteiger partial charge in [-0.2, -0.15) is 0 Å². The van der Waals surface area contributed by atoms with Crippen molar-refractivity contribution in [2.75, 3.05) is 24.2 Å². The summed E-state index contributed by atoms with van der Waals surface area (Å²) in [6.45, 7) is 0.977. The summed E-state index contributed by atoms with van der Waals surface area (Å²) in [6.07, 6.45) is 3.91. The second-order valence-corrected chi connectivity index (χ2v) is 4.42. The van der Waals surface area contributed by atoms with Crippen LogP contribution in [-0.4, -0.2) is 18.6 Å². The van der Waals surface area contributed by atoms with E-state index in [1.54, 1.807) is 6.20 Å². The first-order valence-electron chi connectivity index (χ1n) is 6.23. The van der Waals surface area contributed by atoms with E-state index in [9.17, 15) is 0 Å². The van der Waals surface area contributed by atoms with Crippen LogP contribution in [0.1, 0.15) is 12.0 Å². The number of anilines is 2. The van der Waals surface area contributed by atoms with Crippen LogP contribution in [0.4, 0.5) is 11.5 Å². The fraction of sp³-hybridized carbons (Fsp3) is 0.267. The van der Waals surface area contributed by atoms with Gasteiger partial charge in [0.25, 0.3) is 0 Å². The van der Waals surface area contributed by atoms with Crippen LogP contribution in [0.15, 0.2) is 48.7 Å². The molecule has 0 radical (unpaired) electrons. The molecule has 0 amide bonds. The Kier molecular flexibility index (Phi) is 4.18. The number of nitrogens with two attached hydrogens (primary N) is 1. The third kappa shape index (κ3) is 3.23. The molecule has 0 spiro atoms.